The molecule has 25 heavy (non-hydrogen) atoms. The van der Waals surface area contributed by atoms with E-state index in [0.717, 1.165) is 18.4 Å². The van der Waals surface area contributed by atoms with Crippen LogP contribution in [0.4, 0.5) is 0 Å². The Morgan fingerprint density at radius 3 is 2.36 bits per heavy atom. The van der Waals surface area contributed by atoms with E-state index >= 15 is 0 Å². The first-order chi connectivity index (χ1) is 12.0. The van der Waals surface area contributed by atoms with E-state index in [-0.39, 0.29) is 6.04 Å². The van der Waals surface area contributed by atoms with Crippen LogP contribution in [0.25, 0.3) is 0 Å². The molecule has 1 N–H and O–H groups in total. The van der Waals surface area contributed by atoms with Gasteiger partial charge in [0.15, 0.2) is 11.5 Å². The van der Waals surface area contributed by atoms with Crippen LogP contribution in [0.2, 0.25) is 0 Å². The Hall–Kier alpha value is -1.57. The van der Waals surface area contributed by atoms with Crippen molar-refractivity contribution in [3.63, 3.8) is 0 Å². The number of rotatable bonds is 10. The number of hydrogen-bond donors (Lipinski definition) is 1. The summed E-state index contributed by atoms with van der Waals surface area (Å²) in [6, 6.07) is 8.49. The molecular weight excluding hydrogens is 358 g/mol. The third-order valence-electron chi connectivity index (χ3n) is 3.48. The minimum absolute atomic E-state index is 0.310. The molecule has 1 heterocycles. The van der Waals surface area contributed by atoms with Crippen LogP contribution in [0.3, 0.4) is 0 Å². The summed E-state index contributed by atoms with van der Waals surface area (Å²) < 4.78 is 39.3. The van der Waals surface area contributed by atoms with Gasteiger partial charge in [0.2, 0.25) is 0 Å². The van der Waals surface area contributed by atoms with Crippen molar-refractivity contribution < 1.29 is 17.9 Å². The monoisotopic (exact) mass is 383 g/mol. The van der Waals surface area contributed by atoms with E-state index in [1.54, 1.807) is 17.5 Å². The molecule has 0 aliphatic heterocycles. The van der Waals surface area contributed by atoms with Crippen LogP contribution in [-0.2, 0) is 10.0 Å². The first-order valence-corrected chi connectivity index (χ1v) is 10.8. The second kappa shape index (κ2) is 9.22. The largest absolute Gasteiger partial charge is 0.490 e. The molecule has 2 rings (SSSR count). The average Bonchev–Trinajstić information content (AvgIpc) is 3.13. The van der Waals surface area contributed by atoms with Crippen molar-refractivity contribution >= 4 is 21.4 Å². The second-order valence-corrected chi connectivity index (χ2v) is 8.57. The van der Waals surface area contributed by atoms with Gasteiger partial charge in [-0.2, -0.15) is 0 Å². The average molecular weight is 384 g/mol. The molecular formula is C18H25NO4S2. The topological polar surface area (TPSA) is 64.6 Å². The van der Waals surface area contributed by atoms with Crippen LogP contribution in [0, 0.1) is 0 Å². The van der Waals surface area contributed by atoms with Gasteiger partial charge in [0.1, 0.15) is 4.21 Å². The van der Waals surface area contributed by atoms with Crippen LogP contribution in [-0.4, -0.2) is 21.6 Å². The smallest absolute Gasteiger partial charge is 0.250 e. The molecule has 0 aliphatic rings. The van der Waals surface area contributed by atoms with Crippen LogP contribution in [0.5, 0.6) is 11.5 Å². The van der Waals surface area contributed by atoms with Gasteiger partial charge in [-0.1, -0.05) is 26.0 Å². The summed E-state index contributed by atoms with van der Waals surface area (Å²) in [6.45, 7) is 7.09. The lowest BCUT2D eigenvalue weighted by Gasteiger charge is -2.17. The normalized spacial score (nSPS) is 12.8. The summed E-state index contributed by atoms with van der Waals surface area (Å²) in [4.78, 5) is 0. The van der Waals surface area contributed by atoms with E-state index in [2.05, 4.69) is 4.72 Å². The zero-order valence-corrected chi connectivity index (χ0v) is 16.5. The molecule has 0 saturated carbocycles. The minimum Gasteiger partial charge on any atom is -0.490 e. The lowest BCUT2D eigenvalue weighted by atomic mass is 10.1. The Kier molecular flexibility index (Phi) is 7.28. The van der Waals surface area contributed by atoms with E-state index in [0.29, 0.717) is 28.9 Å². The quantitative estimate of drug-likeness (QED) is 0.662. The maximum atomic E-state index is 12.4. The zero-order chi connectivity index (χ0) is 18.3. The van der Waals surface area contributed by atoms with Crippen molar-refractivity contribution in [1.29, 1.82) is 0 Å². The fourth-order valence-corrected chi connectivity index (χ4v) is 4.47. The fourth-order valence-electron chi connectivity index (χ4n) is 2.23. The number of ether oxygens (including phenoxy) is 2. The molecule has 0 saturated heterocycles. The lowest BCUT2D eigenvalue weighted by molar-refractivity contribution is 0.268. The van der Waals surface area contributed by atoms with E-state index in [4.69, 9.17) is 9.47 Å². The van der Waals surface area contributed by atoms with E-state index in [1.807, 2.05) is 39.0 Å². The number of thiophene rings is 1. The van der Waals surface area contributed by atoms with Crippen LogP contribution < -0.4 is 14.2 Å². The fraction of sp³-hybridized carbons (Fsp3) is 0.444. The minimum atomic E-state index is -3.52. The molecule has 0 radical (unpaired) electrons. The number of nitrogens with one attached hydrogen (secondary N) is 1. The molecule has 1 aromatic heterocycles. The zero-order valence-electron chi connectivity index (χ0n) is 14.8. The third kappa shape index (κ3) is 5.45. The van der Waals surface area contributed by atoms with Crippen molar-refractivity contribution in [2.24, 2.45) is 0 Å². The van der Waals surface area contributed by atoms with E-state index in [9.17, 15) is 8.42 Å². The molecule has 0 amide bonds. The van der Waals surface area contributed by atoms with Crippen LogP contribution in [0.15, 0.2) is 39.9 Å². The van der Waals surface area contributed by atoms with Gasteiger partial charge in [0.25, 0.3) is 10.0 Å². The van der Waals surface area contributed by atoms with Gasteiger partial charge >= 0.3 is 0 Å². The number of hydrogen-bond acceptors (Lipinski definition) is 5. The number of benzene rings is 1. The van der Waals surface area contributed by atoms with Crippen molar-refractivity contribution in [2.75, 3.05) is 13.2 Å². The summed E-state index contributed by atoms with van der Waals surface area (Å²) in [5.74, 6) is 1.34. The van der Waals surface area contributed by atoms with Crippen molar-refractivity contribution in [3.8, 4) is 11.5 Å². The van der Waals surface area contributed by atoms with E-state index < -0.39 is 10.0 Å². The summed E-state index contributed by atoms with van der Waals surface area (Å²) in [6.07, 6.45) is 1.80. The van der Waals surface area contributed by atoms with Crippen LogP contribution >= 0.6 is 11.3 Å². The Morgan fingerprint density at radius 1 is 1.08 bits per heavy atom. The standard InChI is InChI=1S/C18H25NO4S2/c1-4-10-22-16-9-8-15(13-17(16)23-11-5-2)14(3)19-25(20,21)18-7-6-12-24-18/h6-9,12-14,19H,4-5,10-11H2,1-3H3. The molecule has 5 nitrogen and oxygen atoms in total. The molecule has 0 spiro atoms. The van der Waals surface area contributed by atoms with Gasteiger partial charge in [0.05, 0.1) is 13.2 Å². The highest BCUT2D eigenvalue weighted by molar-refractivity contribution is 7.91. The first kappa shape index (κ1) is 19.8. The van der Waals surface area contributed by atoms with Crippen LogP contribution in [0.1, 0.15) is 45.2 Å². The summed E-state index contributed by atoms with van der Waals surface area (Å²) >= 11 is 1.20. The highest BCUT2D eigenvalue weighted by atomic mass is 32.2. The SMILES string of the molecule is CCCOc1ccc(C(C)NS(=O)(=O)c2cccs2)cc1OCCC. The molecule has 2 aromatic rings. The Labute approximate surface area is 154 Å². The Bertz CT molecular complexity index is 757. The third-order valence-corrected chi connectivity index (χ3v) is 6.42. The van der Waals surface area contributed by atoms with Crippen molar-refractivity contribution in [3.05, 3.63) is 41.3 Å². The second-order valence-electron chi connectivity index (χ2n) is 5.68. The van der Waals surface area contributed by atoms with Gasteiger partial charge in [0, 0.05) is 6.04 Å². The lowest BCUT2D eigenvalue weighted by Crippen LogP contribution is -2.26. The maximum Gasteiger partial charge on any atom is 0.250 e. The number of sulfonamides is 1. The van der Waals surface area contributed by atoms with Gasteiger partial charge in [-0.05, 0) is 48.9 Å². The van der Waals surface area contributed by atoms with E-state index in [1.165, 1.54) is 11.3 Å². The van der Waals surface area contributed by atoms with Crippen molar-refractivity contribution in [2.45, 2.75) is 43.9 Å². The van der Waals surface area contributed by atoms with Gasteiger partial charge in [-0.25, -0.2) is 13.1 Å². The van der Waals surface area contributed by atoms with Gasteiger partial charge in [-0.3, -0.25) is 0 Å². The summed E-state index contributed by atoms with van der Waals surface area (Å²) in [5, 5.41) is 1.75. The summed E-state index contributed by atoms with van der Waals surface area (Å²) in [7, 11) is -3.52. The molecule has 1 atom stereocenters. The molecule has 0 bridgehead atoms. The predicted molar refractivity (Wildman–Crippen MR) is 101 cm³/mol. The first-order valence-electron chi connectivity index (χ1n) is 8.43. The molecule has 7 heteroatoms. The summed E-state index contributed by atoms with van der Waals surface area (Å²) in [5.41, 5.74) is 0.829. The van der Waals surface area contributed by atoms with Gasteiger partial charge in [-0.15, -0.1) is 11.3 Å². The van der Waals surface area contributed by atoms with Gasteiger partial charge < -0.3 is 9.47 Å². The maximum absolute atomic E-state index is 12.4. The molecule has 1 unspecified atom stereocenters. The Balaban J connectivity index is 2.19. The Morgan fingerprint density at radius 2 is 1.76 bits per heavy atom. The molecule has 138 valence electrons. The van der Waals surface area contributed by atoms with Crippen molar-refractivity contribution in [1.82, 2.24) is 4.72 Å². The molecule has 0 aliphatic carbocycles. The molecule has 1 aromatic carbocycles. The molecule has 0 fully saturated rings. The predicted octanol–water partition coefficient (Wildman–Crippen LogP) is 4.37. The highest BCUT2D eigenvalue weighted by Crippen LogP contribution is 2.31. The highest BCUT2D eigenvalue weighted by Gasteiger charge is 2.20.